The van der Waals surface area contributed by atoms with Crippen LogP contribution in [0.4, 0.5) is 0 Å². The molecule has 1 aromatic heterocycles. The lowest BCUT2D eigenvalue weighted by Crippen LogP contribution is -2.19. The molecule has 0 fully saturated rings. The van der Waals surface area contributed by atoms with Crippen LogP contribution in [0.5, 0.6) is 5.75 Å². The highest BCUT2D eigenvalue weighted by molar-refractivity contribution is 9.10. The summed E-state index contributed by atoms with van der Waals surface area (Å²) in [4.78, 5) is 4.44. The van der Waals surface area contributed by atoms with E-state index in [1.165, 1.54) is 5.56 Å². The van der Waals surface area contributed by atoms with E-state index >= 15 is 0 Å². The van der Waals surface area contributed by atoms with Gasteiger partial charge >= 0.3 is 0 Å². The van der Waals surface area contributed by atoms with Crippen LogP contribution in [-0.2, 0) is 13.1 Å². The predicted octanol–water partition coefficient (Wildman–Crippen LogP) is 3.45. The normalized spacial score (nSPS) is 11.1. The van der Waals surface area contributed by atoms with Gasteiger partial charge in [-0.25, -0.2) is 4.98 Å². The summed E-state index contributed by atoms with van der Waals surface area (Å²) in [6, 6.07) is 6.00. The van der Waals surface area contributed by atoms with Gasteiger partial charge in [0.15, 0.2) is 0 Å². The van der Waals surface area contributed by atoms with Gasteiger partial charge in [-0.3, -0.25) is 0 Å². The van der Waals surface area contributed by atoms with E-state index in [9.17, 15) is 0 Å². The van der Waals surface area contributed by atoms with Gasteiger partial charge < -0.3 is 14.6 Å². The van der Waals surface area contributed by atoms with Crippen LogP contribution in [0.3, 0.4) is 0 Å². The maximum atomic E-state index is 5.27. The molecule has 4 nitrogen and oxygen atoms in total. The Morgan fingerprint density at radius 2 is 2.19 bits per heavy atom. The molecule has 2 aromatic rings. The van der Waals surface area contributed by atoms with Crippen LogP contribution in [-0.4, -0.2) is 23.2 Å². The summed E-state index contributed by atoms with van der Waals surface area (Å²) in [5, 5.41) is 3.40. The Bertz CT molecular complexity index is 581. The average molecular weight is 352 g/mol. The fourth-order valence-corrected chi connectivity index (χ4v) is 2.44. The molecule has 0 spiro atoms. The van der Waals surface area contributed by atoms with Gasteiger partial charge in [0.1, 0.15) is 5.75 Å². The molecule has 0 bridgehead atoms. The van der Waals surface area contributed by atoms with Gasteiger partial charge in [0.2, 0.25) is 0 Å². The van der Waals surface area contributed by atoms with E-state index in [-0.39, 0.29) is 0 Å². The van der Waals surface area contributed by atoms with Crippen LogP contribution in [0, 0.1) is 5.92 Å². The SMILES string of the molecule is COc1ccc(Br)c(Cn2cnc(CNCC(C)C)c2)c1. The molecule has 1 heterocycles. The zero-order chi connectivity index (χ0) is 15.2. The summed E-state index contributed by atoms with van der Waals surface area (Å²) in [5.41, 5.74) is 2.24. The summed E-state index contributed by atoms with van der Waals surface area (Å²) < 4.78 is 8.44. The van der Waals surface area contributed by atoms with Crippen LogP contribution in [0.2, 0.25) is 0 Å². The van der Waals surface area contributed by atoms with Crippen LogP contribution < -0.4 is 10.1 Å². The second-order valence-corrected chi connectivity index (χ2v) is 6.37. The first-order valence-corrected chi connectivity index (χ1v) is 7.91. The Labute approximate surface area is 134 Å². The Balaban J connectivity index is 1.99. The van der Waals surface area contributed by atoms with Gasteiger partial charge in [0.25, 0.3) is 0 Å². The van der Waals surface area contributed by atoms with E-state index < -0.39 is 0 Å². The third-order valence-corrected chi connectivity index (χ3v) is 3.92. The fraction of sp³-hybridized carbons (Fsp3) is 0.438. The second kappa shape index (κ2) is 7.61. The van der Waals surface area contributed by atoms with Gasteiger partial charge in [-0.2, -0.15) is 0 Å². The Kier molecular flexibility index (Phi) is 5.82. The first kappa shape index (κ1) is 16.0. The van der Waals surface area contributed by atoms with Crippen molar-refractivity contribution in [3.8, 4) is 5.75 Å². The maximum Gasteiger partial charge on any atom is 0.119 e. The zero-order valence-corrected chi connectivity index (χ0v) is 14.4. The Morgan fingerprint density at radius 3 is 2.90 bits per heavy atom. The lowest BCUT2D eigenvalue weighted by Gasteiger charge is -2.08. The molecule has 0 aliphatic rings. The molecular weight excluding hydrogens is 330 g/mol. The average Bonchev–Trinajstić information content (AvgIpc) is 2.88. The van der Waals surface area contributed by atoms with Gasteiger partial charge in [0, 0.05) is 23.8 Å². The number of rotatable bonds is 7. The van der Waals surface area contributed by atoms with Crippen molar-refractivity contribution in [2.24, 2.45) is 5.92 Å². The maximum absolute atomic E-state index is 5.27. The molecule has 0 aliphatic carbocycles. The summed E-state index contributed by atoms with van der Waals surface area (Å²) >= 11 is 3.58. The summed E-state index contributed by atoms with van der Waals surface area (Å²) in [6.45, 7) is 6.99. The number of nitrogens with one attached hydrogen (secondary N) is 1. The lowest BCUT2D eigenvalue weighted by atomic mass is 10.2. The number of methoxy groups -OCH3 is 1. The number of aromatic nitrogens is 2. The van der Waals surface area contributed by atoms with Crippen molar-refractivity contribution in [2.45, 2.75) is 26.9 Å². The largest absolute Gasteiger partial charge is 0.497 e. The quantitative estimate of drug-likeness (QED) is 0.830. The topological polar surface area (TPSA) is 39.1 Å². The molecule has 21 heavy (non-hydrogen) atoms. The zero-order valence-electron chi connectivity index (χ0n) is 12.8. The van der Waals surface area contributed by atoms with Crippen molar-refractivity contribution in [3.63, 3.8) is 0 Å². The highest BCUT2D eigenvalue weighted by Crippen LogP contribution is 2.23. The Morgan fingerprint density at radius 1 is 1.38 bits per heavy atom. The van der Waals surface area contributed by atoms with E-state index in [0.717, 1.165) is 35.6 Å². The molecule has 0 saturated carbocycles. The molecule has 1 N–H and O–H groups in total. The number of hydrogen-bond acceptors (Lipinski definition) is 3. The van der Waals surface area contributed by atoms with E-state index in [1.54, 1.807) is 7.11 Å². The van der Waals surface area contributed by atoms with Crippen LogP contribution in [0.15, 0.2) is 35.2 Å². The van der Waals surface area contributed by atoms with Crippen molar-refractivity contribution in [3.05, 3.63) is 46.5 Å². The first-order valence-electron chi connectivity index (χ1n) is 7.12. The molecule has 0 radical (unpaired) electrons. The van der Waals surface area contributed by atoms with E-state index in [1.807, 2.05) is 24.5 Å². The summed E-state index contributed by atoms with van der Waals surface area (Å²) in [6.07, 6.45) is 3.96. The summed E-state index contributed by atoms with van der Waals surface area (Å²) in [7, 11) is 1.68. The van der Waals surface area contributed by atoms with Crippen molar-refractivity contribution in [1.29, 1.82) is 0 Å². The Hall–Kier alpha value is -1.33. The van der Waals surface area contributed by atoms with Crippen LogP contribution in [0.25, 0.3) is 0 Å². The highest BCUT2D eigenvalue weighted by Gasteiger charge is 2.05. The van der Waals surface area contributed by atoms with E-state index in [0.29, 0.717) is 5.92 Å². The lowest BCUT2D eigenvalue weighted by molar-refractivity contribution is 0.414. The first-order chi connectivity index (χ1) is 10.1. The molecule has 0 amide bonds. The third-order valence-electron chi connectivity index (χ3n) is 3.15. The fourth-order valence-electron chi connectivity index (χ4n) is 2.07. The molecule has 0 unspecified atom stereocenters. The number of halogens is 1. The molecule has 1 aromatic carbocycles. The second-order valence-electron chi connectivity index (χ2n) is 5.52. The van der Waals surface area contributed by atoms with Crippen LogP contribution in [0.1, 0.15) is 25.1 Å². The highest BCUT2D eigenvalue weighted by atomic mass is 79.9. The van der Waals surface area contributed by atoms with E-state index in [4.69, 9.17) is 4.74 Å². The minimum absolute atomic E-state index is 0.653. The van der Waals surface area contributed by atoms with Crippen molar-refractivity contribution in [1.82, 2.24) is 14.9 Å². The minimum Gasteiger partial charge on any atom is -0.497 e. The van der Waals surface area contributed by atoms with Gasteiger partial charge in [-0.15, -0.1) is 0 Å². The van der Waals surface area contributed by atoms with Crippen molar-refractivity contribution < 1.29 is 4.74 Å². The predicted molar refractivity (Wildman–Crippen MR) is 88.6 cm³/mol. The molecule has 0 saturated heterocycles. The number of ether oxygens (including phenoxy) is 1. The molecular formula is C16H22BrN3O. The smallest absolute Gasteiger partial charge is 0.119 e. The van der Waals surface area contributed by atoms with Gasteiger partial charge in [-0.05, 0) is 36.2 Å². The van der Waals surface area contributed by atoms with Gasteiger partial charge in [-0.1, -0.05) is 29.8 Å². The van der Waals surface area contributed by atoms with E-state index in [2.05, 4.69) is 50.8 Å². The third kappa shape index (κ3) is 4.86. The summed E-state index contributed by atoms with van der Waals surface area (Å²) in [5.74, 6) is 1.52. The standard InChI is InChI=1S/C16H22BrN3O/c1-12(2)7-18-8-14-10-20(11-19-14)9-13-6-15(21-3)4-5-16(13)17/h4-6,10-12,18H,7-9H2,1-3H3. The molecule has 5 heteroatoms. The number of benzene rings is 1. The molecule has 0 aliphatic heterocycles. The number of nitrogens with zero attached hydrogens (tertiary/aromatic N) is 2. The molecule has 2 rings (SSSR count). The molecule has 0 atom stereocenters. The van der Waals surface area contributed by atoms with Crippen molar-refractivity contribution >= 4 is 15.9 Å². The van der Waals surface area contributed by atoms with Gasteiger partial charge in [0.05, 0.1) is 19.1 Å². The minimum atomic E-state index is 0.653. The van der Waals surface area contributed by atoms with Crippen LogP contribution >= 0.6 is 15.9 Å². The molecule has 114 valence electrons. The number of hydrogen-bond donors (Lipinski definition) is 1. The van der Waals surface area contributed by atoms with Crippen molar-refractivity contribution in [2.75, 3.05) is 13.7 Å². The monoisotopic (exact) mass is 351 g/mol. The number of imidazole rings is 1.